The molecule has 5 rings (SSSR count). The summed E-state index contributed by atoms with van der Waals surface area (Å²) >= 11 is 1.31. The first-order chi connectivity index (χ1) is 16.2. The highest BCUT2D eigenvalue weighted by molar-refractivity contribution is 7.99. The molecule has 2 aromatic heterocycles. The Morgan fingerprint density at radius 2 is 1.52 bits per heavy atom. The van der Waals surface area contributed by atoms with Crippen molar-refractivity contribution in [3.05, 3.63) is 96.6 Å². The summed E-state index contributed by atoms with van der Waals surface area (Å²) in [6.07, 6.45) is 0. The zero-order chi connectivity index (χ0) is 22.6. The number of benzene rings is 3. The summed E-state index contributed by atoms with van der Waals surface area (Å²) in [4.78, 5) is 12.4. The summed E-state index contributed by atoms with van der Waals surface area (Å²) in [5.41, 5.74) is 6.62. The third-order valence-electron chi connectivity index (χ3n) is 5.27. The number of aromatic nitrogens is 4. The number of carbonyl (C=O) groups is 1. The van der Waals surface area contributed by atoms with E-state index >= 15 is 0 Å². The van der Waals surface area contributed by atoms with E-state index in [2.05, 4.69) is 51.9 Å². The fourth-order valence-electron chi connectivity index (χ4n) is 3.51. The molecule has 3 aromatic carbocycles. The van der Waals surface area contributed by atoms with Gasteiger partial charge in [0.2, 0.25) is 11.1 Å². The Morgan fingerprint density at radius 3 is 2.30 bits per heavy atom. The number of amides is 1. The largest absolute Gasteiger partial charge is 0.325 e. The Balaban J connectivity index is 1.32. The topological polar surface area (TPSA) is 72.2 Å². The fraction of sp³-hybridized carbons (Fsp3) is 0.0769. The minimum atomic E-state index is -0.0984. The molecular weight excluding hydrogens is 430 g/mol. The van der Waals surface area contributed by atoms with E-state index in [0.717, 1.165) is 28.1 Å². The van der Waals surface area contributed by atoms with Crippen LogP contribution in [0.3, 0.4) is 0 Å². The first kappa shape index (κ1) is 20.9. The van der Waals surface area contributed by atoms with Crippen LogP contribution in [-0.2, 0) is 4.79 Å². The van der Waals surface area contributed by atoms with Crippen molar-refractivity contribution in [1.82, 2.24) is 19.8 Å². The van der Waals surface area contributed by atoms with Crippen LogP contribution in [0.15, 0.2) is 96.2 Å². The second kappa shape index (κ2) is 9.26. The Bertz CT molecular complexity index is 1410. The van der Waals surface area contributed by atoms with E-state index in [4.69, 9.17) is 5.10 Å². The zero-order valence-electron chi connectivity index (χ0n) is 18.0. The smallest absolute Gasteiger partial charge is 0.234 e. The normalized spacial score (nSPS) is 10.9. The van der Waals surface area contributed by atoms with Crippen molar-refractivity contribution in [1.29, 1.82) is 0 Å². The molecule has 0 atom stereocenters. The molecule has 0 fully saturated rings. The van der Waals surface area contributed by atoms with Gasteiger partial charge in [-0.25, -0.2) is 0 Å². The van der Waals surface area contributed by atoms with E-state index < -0.39 is 0 Å². The molecule has 1 amide bonds. The summed E-state index contributed by atoms with van der Waals surface area (Å²) in [7, 11) is 0. The van der Waals surface area contributed by atoms with Gasteiger partial charge in [0.05, 0.1) is 11.4 Å². The number of para-hydroxylation sites is 1. The van der Waals surface area contributed by atoms with E-state index in [-0.39, 0.29) is 11.7 Å². The maximum Gasteiger partial charge on any atom is 0.234 e. The minimum absolute atomic E-state index is 0.0984. The van der Waals surface area contributed by atoms with Crippen molar-refractivity contribution < 1.29 is 4.79 Å². The van der Waals surface area contributed by atoms with Crippen LogP contribution in [0.2, 0.25) is 0 Å². The van der Waals surface area contributed by atoms with Crippen LogP contribution in [0, 0.1) is 6.92 Å². The predicted molar refractivity (Wildman–Crippen MR) is 132 cm³/mol. The molecule has 0 aliphatic rings. The standard InChI is InChI=1S/C26H21N5OS/c1-18-7-5-6-10-22(18)27-25(32)17-33-26-29-28-24-16-15-23(30-31(24)26)21-13-11-20(12-14-21)19-8-3-2-4-9-19/h2-16H,17H2,1H3,(H,27,32). The monoisotopic (exact) mass is 451 g/mol. The average molecular weight is 452 g/mol. The first-order valence-electron chi connectivity index (χ1n) is 10.5. The highest BCUT2D eigenvalue weighted by atomic mass is 32.2. The number of rotatable bonds is 6. The molecule has 6 nitrogen and oxygen atoms in total. The lowest BCUT2D eigenvalue weighted by Crippen LogP contribution is -2.15. The third kappa shape index (κ3) is 4.63. The van der Waals surface area contributed by atoms with E-state index in [9.17, 15) is 4.79 Å². The van der Waals surface area contributed by atoms with Crippen molar-refractivity contribution >= 4 is 29.0 Å². The number of nitrogens with one attached hydrogen (secondary N) is 1. The molecule has 2 heterocycles. The molecular formula is C26H21N5OS. The minimum Gasteiger partial charge on any atom is -0.325 e. The Hall–Kier alpha value is -3.97. The van der Waals surface area contributed by atoms with Gasteiger partial charge in [0, 0.05) is 11.3 Å². The molecule has 0 spiro atoms. The quantitative estimate of drug-likeness (QED) is 0.345. The number of carbonyl (C=O) groups excluding carboxylic acids is 1. The summed E-state index contributed by atoms with van der Waals surface area (Å²) in [6, 6.07) is 30.1. The summed E-state index contributed by atoms with van der Waals surface area (Å²) in [6.45, 7) is 1.96. The van der Waals surface area contributed by atoms with Crippen LogP contribution in [-0.4, -0.2) is 31.5 Å². The number of anilines is 1. The van der Waals surface area contributed by atoms with Gasteiger partial charge in [0.1, 0.15) is 0 Å². The number of aryl methyl sites for hydroxylation is 1. The number of fused-ring (bicyclic) bond motifs is 1. The Kier molecular flexibility index (Phi) is 5.87. The van der Waals surface area contributed by atoms with Crippen LogP contribution >= 0.6 is 11.8 Å². The number of thioether (sulfide) groups is 1. The summed E-state index contributed by atoms with van der Waals surface area (Å²) < 4.78 is 1.69. The number of hydrogen-bond donors (Lipinski definition) is 1. The molecule has 7 heteroatoms. The van der Waals surface area contributed by atoms with Crippen molar-refractivity contribution in [2.75, 3.05) is 11.1 Å². The lowest BCUT2D eigenvalue weighted by atomic mass is 10.0. The summed E-state index contributed by atoms with van der Waals surface area (Å²) in [5.74, 6) is 0.117. The van der Waals surface area contributed by atoms with Gasteiger partial charge in [-0.3, -0.25) is 4.79 Å². The molecule has 0 saturated heterocycles. The van der Waals surface area contributed by atoms with Crippen molar-refractivity contribution in [3.8, 4) is 22.4 Å². The van der Waals surface area contributed by atoms with Crippen LogP contribution in [0.4, 0.5) is 5.69 Å². The van der Waals surface area contributed by atoms with Crippen LogP contribution in [0.25, 0.3) is 28.0 Å². The molecule has 0 radical (unpaired) electrons. The molecule has 162 valence electrons. The molecule has 0 bridgehead atoms. The van der Waals surface area contributed by atoms with Gasteiger partial charge in [-0.2, -0.15) is 9.61 Å². The Labute approximate surface area is 195 Å². The van der Waals surface area contributed by atoms with Crippen LogP contribution < -0.4 is 5.32 Å². The van der Waals surface area contributed by atoms with Gasteiger partial charge in [-0.15, -0.1) is 10.2 Å². The van der Waals surface area contributed by atoms with Gasteiger partial charge in [-0.05, 0) is 41.8 Å². The molecule has 0 unspecified atom stereocenters. The molecule has 0 saturated carbocycles. The maximum atomic E-state index is 12.4. The second-order valence-electron chi connectivity index (χ2n) is 7.57. The van der Waals surface area contributed by atoms with E-state index in [1.165, 1.54) is 17.3 Å². The van der Waals surface area contributed by atoms with Gasteiger partial charge in [0.15, 0.2) is 5.65 Å². The van der Waals surface area contributed by atoms with Gasteiger partial charge >= 0.3 is 0 Å². The molecule has 0 aliphatic carbocycles. The van der Waals surface area contributed by atoms with E-state index in [1.807, 2.05) is 61.5 Å². The highest BCUT2D eigenvalue weighted by Crippen LogP contribution is 2.25. The lowest BCUT2D eigenvalue weighted by Gasteiger charge is -2.07. The fourth-order valence-corrected chi connectivity index (χ4v) is 4.19. The number of nitrogens with zero attached hydrogens (tertiary/aromatic N) is 4. The zero-order valence-corrected chi connectivity index (χ0v) is 18.8. The highest BCUT2D eigenvalue weighted by Gasteiger charge is 2.12. The molecule has 5 aromatic rings. The maximum absolute atomic E-state index is 12.4. The van der Waals surface area contributed by atoms with E-state index in [0.29, 0.717) is 10.8 Å². The van der Waals surface area contributed by atoms with Gasteiger partial charge in [-0.1, -0.05) is 84.6 Å². The van der Waals surface area contributed by atoms with Gasteiger partial charge in [0.25, 0.3) is 0 Å². The van der Waals surface area contributed by atoms with E-state index in [1.54, 1.807) is 4.52 Å². The molecule has 33 heavy (non-hydrogen) atoms. The van der Waals surface area contributed by atoms with Crippen LogP contribution in [0.5, 0.6) is 0 Å². The van der Waals surface area contributed by atoms with Crippen molar-refractivity contribution in [2.24, 2.45) is 0 Å². The Morgan fingerprint density at radius 1 is 0.818 bits per heavy atom. The van der Waals surface area contributed by atoms with Gasteiger partial charge < -0.3 is 5.32 Å². The predicted octanol–water partition coefficient (Wildman–Crippen LogP) is 5.50. The average Bonchev–Trinajstić information content (AvgIpc) is 3.27. The first-order valence-corrected chi connectivity index (χ1v) is 11.5. The second-order valence-corrected chi connectivity index (χ2v) is 8.51. The lowest BCUT2D eigenvalue weighted by molar-refractivity contribution is -0.113. The third-order valence-corrected chi connectivity index (χ3v) is 6.19. The molecule has 0 aliphatic heterocycles. The summed E-state index contributed by atoms with van der Waals surface area (Å²) in [5, 5.41) is 16.6. The van der Waals surface area contributed by atoms with Crippen molar-refractivity contribution in [3.63, 3.8) is 0 Å². The van der Waals surface area contributed by atoms with Crippen LogP contribution in [0.1, 0.15) is 5.56 Å². The SMILES string of the molecule is Cc1ccccc1NC(=O)CSc1nnc2ccc(-c3ccc(-c4ccccc4)cc3)nn12. The van der Waals surface area contributed by atoms with Crippen molar-refractivity contribution in [2.45, 2.75) is 12.1 Å². The molecule has 1 N–H and O–H groups in total. The number of hydrogen-bond acceptors (Lipinski definition) is 5.